The Morgan fingerprint density at radius 1 is 1.50 bits per heavy atom. The molecule has 5 N–H and O–H groups in total. The third-order valence-corrected chi connectivity index (χ3v) is 3.62. The van der Waals surface area contributed by atoms with Crippen LogP contribution in [0.2, 0.25) is 0 Å². The van der Waals surface area contributed by atoms with Gasteiger partial charge >= 0.3 is 15.6 Å². The van der Waals surface area contributed by atoms with Gasteiger partial charge in [-0.15, -0.1) is 0 Å². The summed E-state index contributed by atoms with van der Waals surface area (Å²) in [6.45, 7) is -3.30. The molecule has 0 radical (unpaired) electrons. The van der Waals surface area contributed by atoms with Gasteiger partial charge in [-0.2, -0.15) is 4.31 Å². The van der Waals surface area contributed by atoms with Crippen LogP contribution in [0.15, 0.2) is 6.20 Å². The van der Waals surface area contributed by atoms with Crippen molar-refractivity contribution in [3.8, 4) is 0 Å². The quantitative estimate of drug-likeness (QED) is 0.547. The molecule has 102 valence electrons. The molecular formula is C6H11N3O7P2. The highest BCUT2D eigenvalue weighted by Gasteiger charge is 2.32. The molecule has 10 nitrogen and oxygen atoms in total. The summed E-state index contributed by atoms with van der Waals surface area (Å²) in [4.78, 5) is 32.8. The van der Waals surface area contributed by atoms with Crippen molar-refractivity contribution in [2.24, 2.45) is 0 Å². The van der Waals surface area contributed by atoms with Crippen molar-refractivity contribution in [2.75, 3.05) is 5.73 Å². The molecule has 0 saturated heterocycles. The molecule has 1 atom stereocenters. The molecule has 0 saturated carbocycles. The van der Waals surface area contributed by atoms with Gasteiger partial charge in [0.15, 0.2) is 0 Å². The minimum absolute atomic E-state index is 0.0633. The van der Waals surface area contributed by atoms with Gasteiger partial charge in [-0.3, -0.25) is 4.52 Å². The van der Waals surface area contributed by atoms with E-state index in [-0.39, 0.29) is 11.4 Å². The number of nitrogen functional groups attached to an aromatic ring is 1. The first-order valence-electron chi connectivity index (χ1n) is 5.66. The van der Waals surface area contributed by atoms with Crippen LogP contribution < -0.4 is 5.73 Å². The molecule has 0 aliphatic rings. The highest BCUT2D eigenvalue weighted by atomic mass is 31.3. The second-order valence-electron chi connectivity index (χ2n) is 2.92. The van der Waals surface area contributed by atoms with Crippen LogP contribution in [0.4, 0.5) is 5.82 Å². The van der Waals surface area contributed by atoms with Crippen molar-refractivity contribution in [3.05, 3.63) is 17.6 Å². The first-order chi connectivity index (χ1) is 9.30. The third kappa shape index (κ3) is 5.19. The summed E-state index contributed by atoms with van der Waals surface area (Å²) in [6, 6.07) is 0. The van der Waals surface area contributed by atoms with E-state index in [2.05, 4.69) is 18.8 Å². The van der Waals surface area contributed by atoms with Crippen molar-refractivity contribution in [3.63, 3.8) is 0 Å². The minimum atomic E-state index is -5.23. The lowest BCUT2D eigenvalue weighted by molar-refractivity contribution is 0.172. The molecule has 18 heavy (non-hydrogen) atoms. The second-order valence-corrected chi connectivity index (χ2v) is 5.75. The smallest absolute Gasteiger partial charge is 0.383 e. The molecule has 1 heterocycles. The SMILES string of the molecule is [2H]C([2H])([2H])c1ncc(COP(=O)(O)OP(=O)(O)O)c(N)n1. The van der Waals surface area contributed by atoms with Gasteiger partial charge in [0, 0.05) is 15.9 Å². The molecule has 0 spiro atoms. The number of anilines is 1. The van der Waals surface area contributed by atoms with Gasteiger partial charge in [0.1, 0.15) is 11.6 Å². The van der Waals surface area contributed by atoms with Crippen LogP contribution in [0.25, 0.3) is 0 Å². The lowest BCUT2D eigenvalue weighted by atomic mass is 10.3. The predicted octanol–water partition coefficient (Wildman–Crippen LogP) is 0.0935. The van der Waals surface area contributed by atoms with Crippen LogP contribution in [-0.4, -0.2) is 24.6 Å². The molecule has 0 aliphatic heterocycles. The fraction of sp³-hybridized carbons (Fsp3) is 0.333. The van der Waals surface area contributed by atoms with E-state index in [4.69, 9.17) is 24.5 Å². The molecule has 12 heteroatoms. The molecule has 0 aromatic carbocycles. The van der Waals surface area contributed by atoms with Crippen LogP contribution >= 0.6 is 15.6 Å². The summed E-state index contributed by atoms with van der Waals surface area (Å²) in [5, 5.41) is 0. The zero-order chi connectivity index (χ0) is 16.5. The van der Waals surface area contributed by atoms with Gasteiger partial charge in [0.05, 0.1) is 6.61 Å². The third-order valence-electron chi connectivity index (χ3n) is 1.49. The Hall–Kier alpha value is -0.860. The fourth-order valence-corrected chi connectivity index (χ4v) is 2.41. The Kier molecular flexibility index (Phi) is 3.31. The van der Waals surface area contributed by atoms with Crippen molar-refractivity contribution < 1.29 is 36.8 Å². The molecule has 1 aromatic heterocycles. The summed E-state index contributed by atoms with van der Waals surface area (Å²) in [5.74, 6) is -0.852. The van der Waals surface area contributed by atoms with Gasteiger partial charge in [-0.25, -0.2) is 19.1 Å². The highest BCUT2D eigenvalue weighted by Crippen LogP contribution is 2.57. The van der Waals surface area contributed by atoms with Crippen LogP contribution in [0.5, 0.6) is 0 Å². The number of hydrogen-bond donors (Lipinski definition) is 4. The average Bonchev–Trinajstić information content (AvgIpc) is 2.22. The normalized spacial score (nSPS) is 18.5. The number of rotatable bonds is 5. The van der Waals surface area contributed by atoms with E-state index < -0.39 is 34.9 Å². The molecule has 0 aliphatic carbocycles. The van der Waals surface area contributed by atoms with E-state index in [1.165, 1.54) is 0 Å². The van der Waals surface area contributed by atoms with Crippen molar-refractivity contribution in [2.45, 2.75) is 13.5 Å². The zero-order valence-corrected chi connectivity index (χ0v) is 10.4. The van der Waals surface area contributed by atoms with Gasteiger partial charge in [0.25, 0.3) is 0 Å². The van der Waals surface area contributed by atoms with E-state index >= 15 is 0 Å². The lowest BCUT2D eigenvalue weighted by Gasteiger charge is -2.12. The molecular weight excluding hydrogens is 288 g/mol. The van der Waals surface area contributed by atoms with Crippen molar-refractivity contribution in [1.29, 1.82) is 0 Å². The molecule has 1 unspecified atom stereocenters. The summed E-state index contributed by atoms with van der Waals surface area (Å²) in [6.07, 6.45) is 0.946. The Morgan fingerprint density at radius 2 is 2.17 bits per heavy atom. The Morgan fingerprint density at radius 3 is 2.67 bits per heavy atom. The monoisotopic (exact) mass is 302 g/mol. The highest BCUT2D eigenvalue weighted by molar-refractivity contribution is 7.60. The molecule has 0 bridgehead atoms. The van der Waals surface area contributed by atoms with E-state index in [0.717, 1.165) is 6.20 Å². The standard InChI is InChI=1S/C6H11N3O7P2/c1-4-8-2-5(6(7)9-4)3-15-18(13,14)16-17(10,11)12/h2H,3H2,1H3,(H,13,14)(H2,7,8,9)(H2,10,11,12)/i1D3. The van der Waals surface area contributed by atoms with Crippen molar-refractivity contribution in [1.82, 2.24) is 9.97 Å². The van der Waals surface area contributed by atoms with Crippen LogP contribution in [-0.2, 0) is 24.6 Å². The number of hydrogen-bond acceptors (Lipinski definition) is 7. The summed E-state index contributed by atoms with van der Waals surface area (Å²) in [5.41, 5.74) is 5.36. The van der Waals surface area contributed by atoms with Gasteiger partial charge in [0.2, 0.25) is 0 Å². The van der Waals surface area contributed by atoms with Crippen LogP contribution in [0, 0.1) is 6.85 Å². The maximum Gasteiger partial charge on any atom is 0.481 e. The Bertz CT molecular complexity index is 618. The van der Waals surface area contributed by atoms with Gasteiger partial charge < -0.3 is 20.4 Å². The molecule has 0 fully saturated rings. The number of phosphoric ester groups is 1. The predicted molar refractivity (Wildman–Crippen MR) is 58.9 cm³/mol. The number of phosphoric acid groups is 2. The van der Waals surface area contributed by atoms with Crippen LogP contribution in [0.3, 0.4) is 0 Å². The topological polar surface area (TPSA) is 165 Å². The number of nitrogens with two attached hydrogens (primary N) is 1. The van der Waals surface area contributed by atoms with E-state index in [1.54, 1.807) is 0 Å². The Labute approximate surface area is 106 Å². The average molecular weight is 302 g/mol. The zero-order valence-electron chi connectivity index (χ0n) is 11.6. The first kappa shape index (κ1) is 11.0. The number of nitrogens with zero attached hydrogens (tertiary/aromatic N) is 2. The van der Waals surface area contributed by atoms with E-state index in [1.807, 2.05) is 0 Å². The number of aryl methyl sites for hydroxylation is 1. The lowest BCUT2D eigenvalue weighted by Crippen LogP contribution is -2.03. The fourth-order valence-electron chi connectivity index (χ4n) is 0.840. The number of aromatic nitrogens is 2. The van der Waals surface area contributed by atoms with Gasteiger partial charge in [-0.05, 0) is 6.85 Å². The largest absolute Gasteiger partial charge is 0.481 e. The minimum Gasteiger partial charge on any atom is -0.383 e. The van der Waals surface area contributed by atoms with Crippen LogP contribution in [0.1, 0.15) is 15.5 Å². The summed E-state index contributed by atoms with van der Waals surface area (Å²) < 4.78 is 50.7. The van der Waals surface area contributed by atoms with Gasteiger partial charge in [-0.1, -0.05) is 0 Å². The first-order valence-corrected chi connectivity index (χ1v) is 7.19. The molecule has 0 amide bonds. The van der Waals surface area contributed by atoms with E-state index in [9.17, 15) is 9.13 Å². The maximum atomic E-state index is 11.2. The second kappa shape index (κ2) is 5.41. The Balaban J connectivity index is 2.82. The summed E-state index contributed by atoms with van der Waals surface area (Å²) in [7, 11) is -10.3. The van der Waals surface area contributed by atoms with Crippen molar-refractivity contribution >= 4 is 21.5 Å². The van der Waals surface area contributed by atoms with E-state index in [0.29, 0.717) is 0 Å². The molecule has 1 aromatic rings. The maximum absolute atomic E-state index is 11.2. The molecule has 1 rings (SSSR count). The summed E-state index contributed by atoms with van der Waals surface area (Å²) >= 11 is 0.